The Balaban J connectivity index is 1.82. The summed E-state index contributed by atoms with van der Waals surface area (Å²) >= 11 is 0. The third-order valence-electron chi connectivity index (χ3n) is 3.50. The Morgan fingerprint density at radius 2 is 2.12 bits per heavy atom. The van der Waals surface area contributed by atoms with Crippen LogP contribution in [-0.4, -0.2) is 49.9 Å². The van der Waals surface area contributed by atoms with Crippen LogP contribution in [0.5, 0.6) is 0 Å². The highest BCUT2D eigenvalue weighted by Gasteiger charge is 2.30. The minimum absolute atomic E-state index is 0.259. The lowest BCUT2D eigenvalue weighted by atomic mass is 10.0. The Morgan fingerprint density at radius 3 is 2.79 bits per heavy atom. The molecule has 2 rings (SSSR count). The first-order valence-corrected chi connectivity index (χ1v) is 7.57. The molecule has 0 radical (unpaired) electrons. The average Bonchev–Trinajstić information content (AvgIpc) is 3.05. The van der Waals surface area contributed by atoms with Gasteiger partial charge in [-0.3, -0.25) is 9.59 Å². The minimum atomic E-state index is -0.806. The highest BCUT2D eigenvalue weighted by atomic mass is 19.1. The monoisotopic (exact) mass is 337 g/mol. The van der Waals surface area contributed by atoms with Gasteiger partial charge in [-0.15, -0.1) is 0 Å². The van der Waals surface area contributed by atoms with E-state index in [1.165, 1.54) is 19.2 Å². The van der Waals surface area contributed by atoms with E-state index in [0.29, 0.717) is 24.4 Å². The van der Waals surface area contributed by atoms with Gasteiger partial charge in [-0.1, -0.05) is 17.3 Å². The van der Waals surface area contributed by atoms with Crippen molar-refractivity contribution in [3.05, 3.63) is 35.6 Å². The summed E-state index contributed by atoms with van der Waals surface area (Å²) in [5.74, 6) is -1.08. The van der Waals surface area contributed by atoms with Crippen LogP contribution < -0.4 is 10.6 Å². The topological polar surface area (TPSA) is 89.0 Å². The van der Waals surface area contributed by atoms with Crippen molar-refractivity contribution in [3.8, 4) is 0 Å². The maximum absolute atomic E-state index is 12.9. The van der Waals surface area contributed by atoms with E-state index in [-0.39, 0.29) is 18.1 Å². The normalized spacial score (nSPS) is 17.6. The van der Waals surface area contributed by atoms with Crippen LogP contribution in [0.1, 0.15) is 18.9 Å². The third-order valence-corrected chi connectivity index (χ3v) is 3.50. The van der Waals surface area contributed by atoms with Gasteiger partial charge in [0.05, 0.1) is 12.3 Å². The zero-order valence-corrected chi connectivity index (χ0v) is 13.5. The van der Waals surface area contributed by atoms with Crippen molar-refractivity contribution in [1.29, 1.82) is 0 Å². The second-order valence-corrected chi connectivity index (χ2v) is 5.36. The lowest BCUT2D eigenvalue weighted by molar-refractivity contribution is -0.135. The molecule has 0 saturated carbocycles. The molecular weight excluding hydrogens is 317 g/mol. The van der Waals surface area contributed by atoms with E-state index in [2.05, 4.69) is 15.8 Å². The second kappa shape index (κ2) is 8.39. The van der Waals surface area contributed by atoms with Gasteiger partial charge in [0, 0.05) is 20.1 Å². The first-order valence-electron chi connectivity index (χ1n) is 7.57. The van der Waals surface area contributed by atoms with Gasteiger partial charge in [0.2, 0.25) is 12.0 Å². The number of carbonyl (C=O) groups is 2. The molecule has 1 aromatic carbocycles. The number of oxime groups is 1. The Bertz CT molecular complexity index is 618. The van der Waals surface area contributed by atoms with Crippen LogP contribution in [0.25, 0.3) is 0 Å². The van der Waals surface area contributed by atoms with E-state index in [1.54, 1.807) is 19.1 Å². The molecule has 1 heterocycles. The standard InChI is InChI=1S/C16H20FN3O4/c1-10(15(21)18-7-8-23-2)19-16(22)14-9-13(20-24-14)11-3-5-12(17)6-4-11/h3-6,10,14H,7-9H2,1-2H3,(H,18,21)(H,19,22)/t10-,14-/m1/s1. The molecule has 8 heteroatoms. The van der Waals surface area contributed by atoms with E-state index in [0.717, 1.165) is 0 Å². The number of methoxy groups -OCH3 is 1. The molecule has 0 saturated heterocycles. The molecule has 2 atom stereocenters. The van der Waals surface area contributed by atoms with Crippen molar-refractivity contribution in [2.75, 3.05) is 20.3 Å². The summed E-state index contributed by atoms with van der Waals surface area (Å²) in [7, 11) is 1.54. The van der Waals surface area contributed by atoms with Gasteiger partial charge in [-0.05, 0) is 24.6 Å². The molecule has 0 spiro atoms. The summed E-state index contributed by atoms with van der Waals surface area (Å²) in [6, 6.07) is 5.08. The maximum Gasteiger partial charge on any atom is 0.264 e. The van der Waals surface area contributed by atoms with E-state index < -0.39 is 18.1 Å². The number of hydrogen-bond donors (Lipinski definition) is 2. The lowest BCUT2D eigenvalue weighted by Crippen LogP contribution is -2.48. The number of rotatable bonds is 7. The number of amides is 2. The van der Waals surface area contributed by atoms with Crippen molar-refractivity contribution in [2.24, 2.45) is 5.16 Å². The molecule has 0 aliphatic carbocycles. The van der Waals surface area contributed by atoms with E-state index in [1.807, 2.05) is 0 Å². The quantitative estimate of drug-likeness (QED) is 0.713. The van der Waals surface area contributed by atoms with Gasteiger partial charge in [-0.25, -0.2) is 4.39 Å². The van der Waals surface area contributed by atoms with E-state index in [9.17, 15) is 14.0 Å². The molecule has 0 fully saturated rings. The third kappa shape index (κ3) is 4.76. The minimum Gasteiger partial charge on any atom is -0.383 e. The summed E-state index contributed by atoms with van der Waals surface area (Å²) in [6.07, 6.45) is -0.547. The van der Waals surface area contributed by atoms with Gasteiger partial charge < -0.3 is 20.2 Å². The van der Waals surface area contributed by atoms with Gasteiger partial charge >= 0.3 is 0 Å². The summed E-state index contributed by atoms with van der Waals surface area (Å²) in [5, 5.41) is 9.08. The largest absolute Gasteiger partial charge is 0.383 e. The van der Waals surface area contributed by atoms with Crippen LogP contribution >= 0.6 is 0 Å². The smallest absolute Gasteiger partial charge is 0.264 e. The van der Waals surface area contributed by atoms with Crippen LogP contribution in [0.15, 0.2) is 29.4 Å². The molecule has 1 aliphatic rings. The average molecular weight is 337 g/mol. The maximum atomic E-state index is 12.9. The van der Waals surface area contributed by atoms with E-state index in [4.69, 9.17) is 9.57 Å². The molecular formula is C16H20FN3O4. The van der Waals surface area contributed by atoms with Crippen LogP contribution in [0.4, 0.5) is 4.39 Å². The van der Waals surface area contributed by atoms with Crippen LogP contribution in [0.3, 0.4) is 0 Å². The SMILES string of the molecule is COCCNC(=O)[C@@H](C)NC(=O)[C@H]1CC(c2ccc(F)cc2)=NO1. The van der Waals surface area contributed by atoms with Gasteiger partial charge in [-0.2, -0.15) is 0 Å². The number of carbonyl (C=O) groups excluding carboxylic acids is 2. The highest BCUT2D eigenvalue weighted by Crippen LogP contribution is 2.17. The summed E-state index contributed by atoms with van der Waals surface area (Å²) in [5.41, 5.74) is 1.25. The molecule has 7 nitrogen and oxygen atoms in total. The molecule has 1 aromatic rings. The Hall–Kier alpha value is -2.48. The molecule has 1 aliphatic heterocycles. The fourth-order valence-electron chi connectivity index (χ4n) is 2.13. The van der Waals surface area contributed by atoms with Crippen LogP contribution in [-0.2, 0) is 19.2 Å². The first-order chi connectivity index (χ1) is 11.5. The lowest BCUT2D eigenvalue weighted by Gasteiger charge is -2.16. The van der Waals surface area contributed by atoms with Gasteiger partial charge in [0.25, 0.3) is 5.91 Å². The molecule has 24 heavy (non-hydrogen) atoms. The molecule has 2 amide bonds. The molecule has 2 N–H and O–H groups in total. The number of benzene rings is 1. The summed E-state index contributed by atoms with van der Waals surface area (Å²) < 4.78 is 17.8. The predicted molar refractivity (Wildman–Crippen MR) is 84.9 cm³/mol. The van der Waals surface area contributed by atoms with Crippen molar-refractivity contribution in [2.45, 2.75) is 25.5 Å². The molecule has 0 aromatic heterocycles. The van der Waals surface area contributed by atoms with E-state index >= 15 is 0 Å². The fraction of sp³-hybridized carbons (Fsp3) is 0.438. The van der Waals surface area contributed by atoms with Gasteiger partial charge in [0.15, 0.2) is 0 Å². The van der Waals surface area contributed by atoms with Crippen molar-refractivity contribution < 1.29 is 23.6 Å². The van der Waals surface area contributed by atoms with Crippen LogP contribution in [0.2, 0.25) is 0 Å². The summed E-state index contributed by atoms with van der Waals surface area (Å²) in [6.45, 7) is 2.34. The Morgan fingerprint density at radius 1 is 1.42 bits per heavy atom. The Kier molecular flexibility index (Phi) is 6.25. The van der Waals surface area contributed by atoms with Gasteiger partial charge in [0.1, 0.15) is 11.9 Å². The number of hydrogen-bond acceptors (Lipinski definition) is 5. The second-order valence-electron chi connectivity index (χ2n) is 5.36. The number of nitrogens with zero attached hydrogens (tertiary/aromatic N) is 1. The first kappa shape index (κ1) is 17.9. The Labute approximate surface area is 139 Å². The molecule has 130 valence electrons. The number of ether oxygens (including phenoxy) is 1. The van der Waals surface area contributed by atoms with Crippen LogP contribution in [0, 0.1) is 5.82 Å². The van der Waals surface area contributed by atoms with Crippen molar-refractivity contribution in [3.63, 3.8) is 0 Å². The fourth-order valence-corrected chi connectivity index (χ4v) is 2.13. The zero-order chi connectivity index (χ0) is 17.5. The highest BCUT2D eigenvalue weighted by molar-refractivity contribution is 6.04. The van der Waals surface area contributed by atoms with Crippen molar-refractivity contribution >= 4 is 17.5 Å². The summed E-state index contributed by atoms with van der Waals surface area (Å²) in [4.78, 5) is 29.1. The predicted octanol–water partition coefficient (Wildman–Crippen LogP) is 0.586. The molecule has 0 bridgehead atoms. The number of nitrogens with one attached hydrogen (secondary N) is 2. The number of halogens is 1. The zero-order valence-electron chi connectivity index (χ0n) is 13.5. The molecule has 0 unspecified atom stereocenters. The van der Waals surface area contributed by atoms with Crippen molar-refractivity contribution in [1.82, 2.24) is 10.6 Å².